The largest absolute Gasteiger partial charge is 0.140 e. The molecule has 0 aliphatic heterocycles. The summed E-state index contributed by atoms with van der Waals surface area (Å²) in [6.07, 6.45) is 60.4. The average molecular weight is 761 g/mol. The molecule has 0 saturated heterocycles. The highest BCUT2D eigenvalue weighted by Gasteiger charge is 2.13. The summed E-state index contributed by atoms with van der Waals surface area (Å²) in [5.74, 6) is 5.82. The van der Waals surface area contributed by atoms with Gasteiger partial charge in [-0.15, -0.1) is 48.4 Å². The molecule has 0 radical (unpaired) electrons. The van der Waals surface area contributed by atoms with Crippen molar-refractivity contribution in [1.82, 2.24) is 0 Å². The van der Waals surface area contributed by atoms with E-state index < -0.39 is 0 Å². The Morgan fingerprint density at radius 2 is 1.80 bits per heavy atom. The van der Waals surface area contributed by atoms with Crippen LogP contribution in [0.1, 0.15) is 82.6 Å². The molecule has 4 rings (SSSR count). The maximum absolute atomic E-state index is 5.55. The van der Waals surface area contributed by atoms with E-state index in [-0.39, 0.29) is 0 Å². The first-order valence-electron chi connectivity index (χ1n) is 19.6. The zero-order valence-corrected chi connectivity index (χ0v) is 35.3. The summed E-state index contributed by atoms with van der Waals surface area (Å²) in [5, 5.41) is 1.39. The van der Waals surface area contributed by atoms with E-state index in [1.165, 1.54) is 53.3 Å². The summed E-state index contributed by atoms with van der Waals surface area (Å²) in [4.78, 5) is 2.79. The van der Waals surface area contributed by atoms with Gasteiger partial charge in [0, 0.05) is 20.9 Å². The molecule has 2 heteroatoms. The minimum Gasteiger partial charge on any atom is -0.140 e. The number of rotatable bonds is 17. The minimum atomic E-state index is 0.422. The van der Waals surface area contributed by atoms with Gasteiger partial charge < -0.3 is 0 Å². The number of allylic oxidation sites excluding steroid dienone is 23. The van der Waals surface area contributed by atoms with Crippen molar-refractivity contribution in [1.29, 1.82) is 0 Å². The summed E-state index contributed by atoms with van der Waals surface area (Å²) in [6.45, 7) is 14.3. The van der Waals surface area contributed by atoms with Crippen molar-refractivity contribution in [2.24, 2.45) is 5.92 Å². The molecular formula is C53H60S2. The van der Waals surface area contributed by atoms with Crippen molar-refractivity contribution in [3.05, 3.63) is 190 Å². The number of aryl methyl sites for hydroxylation is 2. The topological polar surface area (TPSA) is 0 Å². The van der Waals surface area contributed by atoms with Gasteiger partial charge in [0.1, 0.15) is 0 Å². The Bertz CT molecular complexity index is 2020. The van der Waals surface area contributed by atoms with Gasteiger partial charge in [0.2, 0.25) is 0 Å². The lowest BCUT2D eigenvalue weighted by Gasteiger charge is -2.17. The molecule has 0 N–H and O–H groups in total. The maximum Gasteiger partial charge on any atom is 0.0348 e. The number of terminal acetylenes is 2. The Balaban J connectivity index is 0.000000394. The molecule has 1 heterocycles. The molecule has 2 aromatic rings. The molecule has 2 aliphatic rings. The summed E-state index contributed by atoms with van der Waals surface area (Å²) in [6, 6.07) is 8.61. The molecule has 0 amide bonds. The number of thiophene rings is 1. The van der Waals surface area contributed by atoms with E-state index in [0.29, 0.717) is 5.92 Å². The summed E-state index contributed by atoms with van der Waals surface area (Å²) >= 11 is 3.69. The molecule has 0 fully saturated rings. The smallest absolute Gasteiger partial charge is 0.0348 e. The molecule has 1 aromatic heterocycles. The second-order valence-electron chi connectivity index (χ2n) is 13.4. The van der Waals surface area contributed by atoms with Crippen LogP contribution in [0.15, 0.2) is 179 Å². The van der Waals surface area contributed by atoms with Crippen molar-refractivity contribution in [2.45, 2.75) is 85.0 Å². The summed E-state index contributed by atoms with van der Waals surface area (Å²) < 4.78 is 1.37. The maximum atomic E-state index is 5.55. The molecule has 1 unspecified atom stereocenters. The van der Waals surface area contributed by atoms with Gasteiger partial charge in [-0.05, 0) is 153 Å². The molecule has 0 spiro atoms. The summed E-state index contributed by atoms with van der Waals surface area (Å²) in [7, 11) is 0. The van der Waals surface area contributed by atoms with E-state index in [0.717, 1.165) is 69.8 Å². The lowest BCUT2D eigenvalue weighted by Crippen LogP contribution is -1.99. The quantitative estimate of drug-likeness (QED) is 0.0670. The fourth-order valence-corrected chi connectivity index (χ4v) is 8.55. The van der Waals surface area contributed by atoms with Gasteiger partial charge in [-0.25, -0.2) is 0 Å². The van der Waals surface area contributed by atoms with Gasteiger partial charge in [-0.1, -0.05) is 122 Å². The Kier molecular flexibility index (Phi) is 21.2. The zero-order valence-electron chi connectivity index (χ0n) is 33.7. The monoisotopic (exact) mass is 760 g/mol. The van der Waals surface area contributed by atoms with Crippen LogP contribution < -0.4 is 0 Å². The molecule has 0 saturated carbocycles. The number of thioether (sulfide) groups is 1. The SMILES string of the molecule is C#C/C=C\C(=C/CC1/C=C/C(C=C)=C(/C=C(C)/C(/C=C\CC/C=C\C)=C/C)\C=C/C1)C1=C(SC)C=CCC1.C#CCCc1sc2ccccc2c1CCC=C. The van der Waals surface area contributed by atoms with Crippen LogP contribution in [0.3, 0.4) is 0 Å². The molecular weight excluding hydrogens is 701 g/mol. The van der Waals surface area contributed by atoms with E-state index >= 15 is 0 Å². The van der Waals surface area contributed by atoms with E-state index in [2.05, 4.69) is 161 Å². The number of benzene rings is 1. The van der Waals surface area contributed by atoms with Gasteiger partial charge in [-0.2, -0.15) is 0 Å². The molecule has 0 nitrogen and oxygen atoms in total. The second kappa shape index (κ2) is 26.1. The predicted molar refractivity (Wildman–Crippen MR) is 251 cm³/mol. The van der Waals surface area contributed by atoms with E-state index in [1.807, 2.05) is 41.3 Å². The van der Waals surface area contributed by atoms with E-state index in [1.54, 1.807) is 0 Å². The number of hydrogen-bond donors (Lipinski definition) is 0. The molecule has 284 valence electrons. The lowest BCUT2D eigenvalue weighted by molar-refractivity contribution is 0.671. The number of hydrogen-bond acceptors (Lipinski definition) is 2. The number of unbranched alkanes of at least 4 members (excludes halogenated alkanes) is 1. The average Bonchev–Trinajstić information content (AvgIpc) is 3.56. The zero-order chi connectivity index (χ0) is 39.7. The fraction of sp³-hybridized carbons (Fsp3) is 0.283. The highest BCUT2D eigenvalue weighted by molar-refractivity contribution is 8.02. The molecule has 55 heavy (non-hydrogen) atoms. The van der Waals surface area contributed by atoms with Crippen LogP contribution in [0.25, 0.3) is 10.1 Å². The highest BCUT2D eigenvalue weighted by atomic mass is 32.2. The van der Waals surface area contributed by atoms with Gasteiger partial charge in [0.15, 0.2) is 0 Å². The van der Waals surface area contributed by atoms with E-state index in [4.69, 9.17) is 12.8 Å². The van der Waals surface area contributed by atoms with Crippen molar-refractivity contribution in [3.63, 3.8) is 0 Å². The van der Waals surface area contributed by atoms with Gasteiger partial charge >= 0.3 is 0 Å². The van der Waals surface area contributed by atoms with E-state index in [9.17, 15) is 0 Å². The first kappa shape index (κ1) is 44.7. The third kappa shape index (κ3) is 14.8. The standard InChI is InChI=1S/C37H44S.C16H16S/c1-7-11-13-14-15-21-32(9-3)30(5)29-35-22-18-19-31(25-27-33(35)10-4)26-28-34(20-12-8-2)36-23-16-17-24-37(36)38-6;1-3-5-9-13-14-10-7-8-12-16(14)17-15(13)11-6-4-2/h2,7,9-12,15,17-18,20-22,24-25,27-29,31H,4,13-14,16,19,23,26H2,1,3,5-6H3;2-3,7-8,10,12H,1,5-6,9,11H2/b11-7-,20-12-,21-15-,22-18-,27-25+,30-29+,32-9+,34-28+,35-33+;. The van der Waals surface area contributed by atoms with Gasteiger partial charge in [-0.3, -0.25) is 0 Å². The van der Waals surface area contributed by atoms with Crippen LogP contribution in [-0.2, 0) is 12.8 Å². The minimum absolute atomic E-state index is 0.422. The van der Waals surface area contributed by atoms with Crippen LogP contribution in [-0.4, -0.2) is 6.26 Å². The van der Waals surface area contributed by atoms with Crippen LogP contribution in [0.5, 0.6) is 0 Å². The second-order valence-corrected chi connectivity index (χ2v) is 15.4. The third-order valence-corrected chi connectivity index (χ3v) is 11.7. The van der Waals surface area contributed by atoms with Crippen LogP contribution in [0.4, 0.5) is 0 Å². The Morgan fingerprint density at radius 1 is 0.982 bits per heavy atom. The highest BCUT2D eigenvalue weighted by Crippen LogP contribution is 2.34. The van der Waals surface area contributed by atoms with Crippen LogP contribution in [0.2, 0.25) is 0 Å². The van der Waals surface area contributed by atoms with Crippen molar-refractivity contribution < 1.29 is 0 Å². The van der Waals surface area contributed by atoms with Crippen molar-refractivity contribution in [3.8, 4) is 24.7 Å². The Morgan fingerprint density at radius 3 is 2.53 bits per heavy atom. The fourth-order valence-electron chi connectivity index (χ4n) is 6.60. The molecule has 1 atom stereocenters. The predicted octanol–water partition coefficient (Wildman–Crippen LogP) is 15.5. The van der Waals surface area contributed by atoms with Crippen LogP contribution >= 0.6 is 23.1 Å². The van der Waals surface area contributed by atoms with Crippen molar-refractivity contribution >= 4 is 33.2 Å². The first-order valence-corrected chi connectivity index (χ1v) is 21.6. The Labute approximate surface area is 342 Å². The number of fused-ring (bicyclic) bond motifs is 1. The lowest BCUT2D eigenvalue weighted by atomic mass is 9.90. The van der Waals surface area contributed by atoms with Gasteiger partial charge in [0.05, 0.1) is 0 Å². The normalized spacial score (nSPS) is 19.2. The summed E-state index contributed by atoms with van der Waals surface area (Å²) in [5.41, 5.74) is 9.00. The third-order valence-electron chi connectivity index (χ3n) is 9.58. The van der Waals surface area contributed by atoms with Crippen molar-refractivity contribution in [2.75, 3.05) is 6.26 Å². The molecule has 1 aromatic carbocycles. The van der Waals surface area contributed by atoms with Crippen LogP contribution in [0, 0.1) is 30.6 Å². The molecule has 2 aliphatic carbocycles. The first-order chi connectivity index (χ1) is 26.9. The van der Waals surface area contributed by atoms with Gasteiger partial charge in [0.25, 0.3) is 0 Å². The molecule has 0 bridgehead atoms. The Hall–Kier alpha value is -4.73.